The van der Waals surface area contributed by atoms with Crippen LogP contribution >= 0.6 is 0 Å². The third-order valence-electron chi connectivity index (χ3n) is 2.96. The molecule has 0 saturated carbocycles. The summed E-state index contributed by atoms with van der Waals surface area (Å²) in [6.07, 6.45) is 5.91. The van der Waals surface area contributed by atoms with Gasteiger partial charge in [0.15, 0.2) is 0 Å². The Bertz CT molecular complexity index is 609. The van der Waals surface area contributed by atoms with Gasteiger partial charge in [-0.25, -0.2) is 8.42 Å². The lowest BCUT2D eigenvalue weighted by atomic mass is 10.2. The van der Waals surface area contributed by atoms with E-state index in [4.69, 9.17) is 0 Å². The van der Waals surface area contributed by atoms with Gasteiger partial charge in [0.2, 0.25) is 0 Å². The van der Waals surface area contributed by atoms with Gasteiger partial charge in [-0.1, -0.05) is 24.3 Å². The average Bonchev–Trinajstić information content (AvgIpc) is 2.88. The van der Waals surface area contributed by atoms with E-state index in [9.17, 15) is 8.42 Å². The first-order chi connectivity index (χ1) is 8.17. The Labute approximate surface area is 100 Å². The molecular weight excluding hydrogens is 236 g/mol. The highest BCUT2D eigenvalue weighted by atomic mass is 32.2. The van der Waals surface area contributed by atoms with Crippen LogP contribution in [0.5, 0.6) is 0 Å². The van der Waals surface area contributed by atoms with E-state index in [1.54, 1.807) is 18.2 Å². The van der Waals surface area contributed by atoms with E-state index in [1.807, 2.05) is 6.07 Å². The fourth-order valence-corrected chi connectivity index (χ4v) is 3.36. The number of benzene rings is 1. The standard InChI is InChI=1S/C12H12N2O2S/c15-17(16)11-8-4-3-7-10(11)12(14-17)13-9-5-1-2-6-9/h1-4,7-9H,5-6H2,(H,13,14). The molecular formula is C12H12N2O2S. The second-order valence-electron chi connectivity index (χ2n) is 4.18. The lowest BCUT2D eigenvalue weighted by Gasteiger charge is -2.04. The fourth-order valence-electron chi connectivity index (χ4n) is 2.12. The number of fused-ring (bicyclic) bond motifs is 1. The third kappa shape index (κ3) is 1.76. The van der Waals surface area contributed by atoms with Crippen LogP contribution in [-0.4, -0.2) is 20.3 Å². The van der Waals surface area contributed by atoms with Gasteiger partial charge in [-0.3, -0.25) is 9.71 Å². The van der Waals surface area contributed by atoms with Crippen molar-refractivity contribution in [2.75, 3.05) is 0 Å². The van der Waals surface area contributed by atoms with Crippen molar-refractivity contribution in [3.05, 3.63) is 42.0 Å². The van der Waals surface area contributed by atoms with Gasteiger partial charge in [0.05, 0.1) is 10.9 Å². The SMILES string of the molecule is O=S1(=O)NC(=NC2CC=CC2)c2ccccc21. The number of sulfonamides is 1. The molecule has 2 aliphatic rings. The largest absolute Gasteiger partial charge is 0.263 e. The van der Waals surface area contributed by atoms with Crippen molar-refractivity contribution in [3.63, 3.8) is 0 Å². The summed E-state index contributed by atoms with van der Waals surface area (Å²) >= 11 is 0. The average molecular weight is 248 g/mol. The molecule has 0 spiro atoms. The molecule has 1 aromatic carbocycles. The molecule has 4 nitrogen and oxygen atoms in total. The van der Waals surface area contributed by atoms with Crippen LogP contribution in [0.25, 0.3) is 0 Å². The highest BCUT2D eigenvalue weighted by molar-refractivity contribution is 7.90. The van der Waals surface area contributed by atoms with Gasteiger partial charge in [-0.2, -0.15) is 0 Å². The molecule has 0 saturated heterocycles. The molecule has 3 rings (SSSR count). The van der Waals surface area contributed by atoms with E-state index in [1.165, 1.54) is 0 Å². The Balaban J connectivity index is 2.05. The highest BCUT2D eigenvalue weighted by Crippen LogP contribution is 2.24. The minimum atomic E-state index is -3.40. The molecule has 5 heteroatoms. The minimum Gasteiger partial charge on any atom is -0.263 e. The summed E-state index contributed by atoms with van der Waals surface area (Å²) in [5.74, 6) is 0.481. The summed E-state index contributed by atoms with van der Waals surface area (Å²) in [5.41, 5.74) is 0.680. The van der Waals surface area contributed by atoms with Gasteiger partial charge in [-0.15, -0.1) is 0 Å². The van der Waals surface area contributed by atoms with E-state index >= 15 is 0 Å². The summed E-state index contributed by atoms with van der Waals surface area (Å²) in [6, 6.07) is 7.10. The van der Waals surface area contributed by atoms with Crippen LogP contribution in [-0.2, 0) is 10.0 Å². The van der Waals surface area contributed by atoms with Gasteiger partial charge in [0.25, 0.3) is 10.0 Å². The van der Waals surface area contributed by atoms with Crippen LogP contribution in [0, 0.1) is 0 Å². The minimum absolute atomic E-state index is 0.166. The van der Waals surface area contributed by atoms with Gasteiger partial charge < -0.3 is 0 Å². The molecule has 0 unspecified atom stereocenters. The molecule has 17 heavy (non-hydrogen) atoms. The predicted octanol–water partition coefficient (Wildman–Crippen LogP) is 1.44. The zero-order valence-electron chi connectivity index (χ0n) is 9.13. The van der Waals surface area contributed by atoms with Crippen molar-refractivity contribution in [1.29, 1.82) is 0 Å². The monoisotopic (exact) mass is 248 g/mol. The maximum absolute atomic E-state index is 11.8. The van der Waals surface area contributed by atoms with Crippen LogP contribution in [0.4, 0.5) is 0 Å². The zero-order chi connectivity index (χ0) is 11.9. The van der Waals surface area contributed by atoms with E-state index in [0.717, 1.165) is 12.8 Å². The smallest absolute Gasteiger partial charge is 0.263 e. The van der Waals surface area contributed by atoms with Crippen LogP contribution < -0.4 is 4.72 Å². The molecule has 1 N–H and O–H groups in total. The van der Waals surface area contributed by atoms with Crippen molar-refractivity contribution < 1.29 is 8.42 Å². The lowest BCUT2D eigenvalue weighted by Crippen LogP contribution is -2.23. The maximum Gasteiger partial charge on any atom is 0.263 e. The number of nitrogens with zero attached hydrogens (tertiary/aromatic N) is 1. The number of aliphatic imine (C=N–C) groups is 1. The Morgan fingerprint density at radius 1 is 1.18 bits per heavy atom. The summed E-state index contributed by atoms with van der Waals surface area (Å²) in [7, 11) is -3.40. The van der Waals surface area contributed by atoms with E-state index in [0.29, 0.717) is 16.3 Å². The number of hydrogen-bond donors (Lipinski definition) is 1. The van der Waals surface area contributed by atoms with Gasteiger partial charge >= 0.3 is 0 Å². The van der Waals surface area contributed by atoms with Crippen LogP contribution in [0.2, 0.25) is 0 Å². The normalized spacial score (nSPS) is 23.9. The van der Waals surface area contributed by atoms with Crippen molar-refractivity contribution in [2.45, 2.75) is 23.8 Å². The Kier molecular flexibility index (Phi) is 2.29. The summed E-state index contributed by atoms with van der Waals surface area (Å²) in [6.45, 7) is 0. The maximum atomic E-state index is 11.8. The molecule has 0 aromatic heterocycles. The Hall–Kier alpha value is -1.62. The second kappa shape index (κ2) is 3.70. The number of nitrogens with one attached hydrogen (secondary N) is 1. The van der Waals surface area contributed by atoms with Gasteiger partial charge in [0.1, 0.15) is 5.84 Å². The molecule has 0 fully saturated rings. The highest BCUT2D eigenvalue weighted by Gasteiger charge is 2.30. The topological polar surface area (TPSA) is 58.5 Å². The van der Waals surface area contributed by atoms with Crippen molar-refractivity contribution in [2.24, 2.45) is 4.99 Å². The second-order valence-corrected chi connectivity index (χ2v) is 5.83. The first kappa shape index (κ1) is 10.5. The summed E-state index contributed by atoms with van der Waals surface area (Å²) in [4.78, 5) is 4.80. The molecule has 0 bridgehead atoms. The third-order valence-corrected chi connectivity index (χ3v) is 4.35. The lowest BCUT2D eigenvalue weighted by molar-refractivity contribution is 0.595. The zero-order valence-corrected chi connectivity index (χ0v) is 9.94. The Morgan fingerprint density at radius 3 is 2.65 bits per heavy atom. The molecule has 1 aromatic rings. The first-order valence-electron chi connectivity index (χ1n) is 5.52. The predicted molar refractivity (Wildman–Crippen MR) is 65.5 cm³/mol. The van der Waals surface area contributed by atoms with E-state index in [-0.39, 0.29) is 6.04 Å². The molecule has 1 heterocycles. The molecule has 0 radical (unpaired) electrons. The quantitative estimate of drug-likeness (QED) is 0.765. The molecule has 1 aliphatic carbocycles. The Morgan fingerprint density at radius 2 is 1.88 bits per heavy atom. The van der Waals surface area contributed by atoms with Crippen LogP contribution in [0.15, 0.2) is 46.3 Å². The van der Waals surface area contributed by atoms with E-state index < -0.39 is 10.0 Å². The fraction of sp³-hybridized carbons (Fsp3) is 0.250. The van der Waals surface area contributed by atoms with Gasteiger partial charge in [-0.05, 0) is 25.0 Å². The summed E-state index contributed by atoms with van der Waals surface area (Å²) in [5, 5.41) is 0. The molecule has 1 aliphatic heterocycles. The molecule has 0 amide bonds. The molecule has 88 valence electrons. The number of amidine groups is 1. The van der Waals surface area contributed by atoms with Crippen molar-refractivity contribution >= 4 is 15.9 Å². The van der Waals surface area contributed by atoms with Crippen molar-refractivity contribution in [1.82, 2.24) is 4.72 Å². The van der Waals surface area contributed by atoms with Crippen LogP contribution in [0.1, 0.15) is 18.4 Å². The number of hydrogen-bond acceptors (Lipinski definition) is 3. The number of rotatable bonds is 1. The van der Waals surface area contributed by atoms with Gasteiger partial charge in [0, 0.05) is 5.56 Å². The van der Waals surface area contributed by atoms with E-state index in [2.05, 4.69) is 21.9 Å². The van der Waals surface area contributed by atoms with Crippen molar-refractivity contribution in [3.8, 4) is 0 Å². The molecule has 0 atom stereocenters. The first-order valence-corrected chi connectivity index (χ1v) is 7.00. The van der Waals surface area contributed by atoms with Crippen LogP contribution in [0.3, 0.4) is 0 Å². The summed E-state index contributed by atoms with van der Waals surface area (Å²) < 4.78 is 26.2.